The van der Waals surface area contributed by atoms with E-state index >= 15 is 0 Å². The number of aryl methyl sites for hydroxylation is 1. The zero-order valence-corrected chi connectivity index (χ0v) is 13.4. The van der Waals surface area contributed by atoms with Crippen LogP contribution in [0.2, 0.25) is 6.04 Å². The van der Waals surface area contributed by atoms with Crippen LogP contribution in [0.3, 0.4) is 0 Å². The molecule has 0 aliphatic rings. The Labute approximate surface area is 107 Å². The molecule has 3 N–H and O–H groups in total. The van der Waals surface area contributed by atoms with Gasteiger partial charge in [0.1, 0.15) is 9.76 Å². The van der Waals surface area contributed by atoms with E-state index < -0.39 is 28.8 Å². The van der Waals surface area contributed by atoms with Gasteiger partial charge < -0.3 is 22.6 Å². The summed E-state index contributed by atoms with van der Waals surface area (Å²) in [6.45, 7) is 0. The fourth-order valence-electron chi connectivity index (χ4n) is 1.36. The van der Waals surface area contributed by atoms with Crippen molar-refractivity contribution in [3.63, 3.8) is 0 Å². The molecule has 0 aliphatic carbocycles. The summed E-state index contributed by atoms with van der Waals surface area (Å²) in [6, 6.07) is 11.3. The van der Waals surface area contributed by atoms with Gasteiger partial charge in [-0.3, -0.25) is 0 Å². The van der Waals surface area contributed by atoms with Gasteiger partial charge in [0.15, 0.2) is 0 Å². The van der Waals surface area contributed by atoms with E-state index in [1.165, 1.54) is 5.56 Å². The lowest BCUT2D eigenvalue weighted by Gasteiger charge is -2.10. The van der Waals surface area contributed by atoms with E-state index in [0.717, 1.165) is 18.9 Å². The molecule has 0 saturated carbocycles. The standard InChI is InChI=1S/C9H18O5Si3/c10-17(11,12)14-16-13-15-8-4-7-9-5-2-1-3-6-9/h1-3,5-6,10-12H,4,7-8,15-16H2. The smallest absolute Gasteiger partial charge is 0.446 e. The lowest BCUT2D eigenvalue weighted by Crippen LogP contribution is -2.41. The largest absolute Gasteiger partial charge is 0.661 e. The quantitative estimate of drug-likeness (QED) is 0.404. The van der Waals surface area contributed by atoms with Crippen molar-refractivity contribution in [2.45, 2.75) is 18.9 Å². The van der Waals surface area contributed by atoms with Crippen LogP contribution in [0.4, 0.5) is 0 Å². The second-order valence-electron chi connectivity index (χ2n) is 3.69. The molecule has 0 aliphatic heterocycles. The average molecular weight is 290 g/mol. The van der Waals surface area contributed by atoms with E-state index in [9.17, 15) is 0 Å². The summed E-state index contributed by atoms with van der Waals surface area (Å²) in [5.74, 6) is 0. The molecule has 0 fully saturated rings. The Hall–Kier alpha value is -0.329. The van der Waals surface area contributed by atoms with Crippen LogP contribution in [0.25, 0.3) is 0 Å². The Balaban J connectivity index is 1.95. The van der Waals surface area contributed by atoms with Gasteiger partial charge in [0.05, 0.1) is 0 Å². The van der Waals surface area contributed by atoms with Crippen molar-refractivity contribution in [1.29, 1.82) is 0 Å². The van der Waals surface area contributed by atoms with Crippen LogP contribution >= 0.6 is 0 Å². The van der Waals surface area contributed by atoms with Gasteiger partial charge in [0, 0.05) is 0 Å². The number of hydrogen-bond acceptors (Lipinski definition) is 5. The highest BCUT2D eigenvalue weighted by Gasteiger charge is 2.29. The highest BCUT2D eigenvalue weighted by molar-refractivity contribution is 6.56. The molecular weight excluding hydrogens is 272 g/mol. The Bertz CT molecular complexity index is 303. The maximum absolute atomic E-state index is 8.57. The predicted octanol–water partition coefficient (Wildman–Crippen LogP) is -1.43. The molecule has 0 radical (unpaired) electrons. The van der Waals surface area contributed by atoms with E-state index in [2.05, 4.69) is 16.2 Å². The topological polar surface area (TPSA) is 79.2 Å². The Morgan fingerprint density at radius 3 is 2.47 bits per heavy atom. The molecule has 0 heterocycles. The first-order valence-corrected chi connectivity index (χ1v) is 9.99. The lowest BCUT2D eigenvalue weighted by atomic mass is 10.1. The molecule has 0 amide bonds. The molecular formula is C9H18O5Si3. The van der Waals surface area contributed by atoms with E-state index in [1.54, 1.807) is 0 Å². The van der Waals surface area contributed by atoms with Crippen LogP contribution < -0.4 is 0 Å². The first-order valence-electron chi connectivity index (χ1n) is 5.51. The second-order valence-corrected chi connectivity index (χ2v) is 8.97. The van der Waals surface area contributed by atoms with Gasteiger partial charge in [-0.05, 0) is 18.0 Å². The van der Waals surface area contributed by atoms with Crippen molar-refractivity contribution in [3.8, 4) is 0 Å². The minimum absolute atomic E-state index is 0.648. The lowest BCUT2D eigenvalue weighted by molar-refractivity contribution is 0.124. The van der Waals surface area contributed by atoms with Crippen molar-refractivity contribution in [3.05, 3.63) is 35.9 Å². The summed E-state index contributed by atoms with van der Waals surface area (Å²) in [4.78, 5) is 25.7. The van der Waals surface area contributed by atoms with Gasteiger partial charge in [-0.2, -0.15) is 0 Å². The third-order valence-corrected chi connectivity index (χ3v) is 6.81. The number of rotatable bonds is 8. The van der Waals surface area contributed by atoms with Crippen LogP contribution in [-0.2, 0) is 14.7 Å². The summed E-state index contributed by atoms with van der Waals surface area (Å²) in [7, 11) is -6.38. The van der Waals surface area contributed by atoms with Gasteiger partial charge in [-0.1, -0.05) is 36.8 Å². The fraction of sp³-hybridized carbons (Fsp3) is 0.333. The van der Waals surface area contributed by atoms with E-state index in [0.29, 0.717) is 0 Å². The third-order valence-electron chi connectivity index (χ3n) is 2.18. The molecule has 0 unspecified atom stereocenters. The molecule has 1 aromatic rings. The van der Waals surface area contributed by atoms with Gasteiger partial charge in [-0.15, -0.1) is 0 Å². The summed E-state index contributed by atoms with van der Waals surface area (Å²) in [6.07, 6.45) is 2.11. The molecule has 96 valence electrons. The molecule has 17 heavy (non-hydrogen) atoms. The van der Waals surface area contributed by atoms with Gasteiger partial charge >= 0.3 is 9.05 Å². The summed E-state index contributed by atoms with van der Waals surface area (Å²) < 4.78 is 9.71. The Morgan fingerprint density at radius 2 is 1.82 bits per heavy atom. The monoisotopic (exact) mass is 290 g/mol. The minimum atomic E-state index is -4.32. The zero-order valence-electron chi connectivity index (χ0n) is 9.58. The summed E-state index contributed by atoms with van der Waals surface area (Å²) in [5.41, 5.74) is 1.32. The van der Waals surface area contributed by atoms with Crippen LogP contribution in [0.5, 0.6) is 0 Å². The molecule has 0 spiro atoms. The minimum Gasteiger partial charge on any atom is -0.446 e. The van der Waals surface area contributed by atoms with Crippen molar-refractivity contribution < 1.29 is 22.6 Å². The fourth-order valence-corrected chi connectivity index (χ4v) is 4.82. The van der Waals surface area contributed by atoms with Gasteiger partial charge in [0.25, 0.3) is 10.0 Å². The highest BCUT2D eigenvalue weighted by atomic mass is 28.4. The molecule has 0 aromatic heterocycles. The zero-order chi connectivity index (χ0) is 12.6. The van der Waals surface area contributed by atoms with Crippen molar-refractivity contribution >= 4 is 28.8 Å². The molecule has 1 rings (SSSR count). The maximum atomic E-state index is 8.57. The molecule has 1 aromatic carbocycles. The van der Waals surface area contributed by atoms with Crippen LogP contribution in [0.1, 0.15) is 12.0 Å². The maximum Gasteiger partial charge on any atom is 0.661 e. The van der Waals surface area contributed by atoms with Crippen molar-refractivity contribution in [1.82, 2.24) is 0 Å². The summed E-state index contributed by atoms with van der Waals surface area (Å²) >= 11 is 0. The predicted molar refractivity (Wildman–Crippen MR) is 71.2 cm³/mol. The van der Waals surface area contributed by atoms with Crippen LogP contribution in [0, 0.1) is 0 Å². The first-order chi connectivity index (χ1) is 8.08. The number of hydrogen-bond donors (Lipinski definition) is 3. The van der Waals surface area contributed by atoms with E-state index in [4.69, 9.17) is 18.5 Å². The summed E-state index contributed by atoms with van der Waals surface area (Å²) in [5, 5.41) is 0. The SMILES string of the molecule is O[Si](O)(O)O[SiH2]O[SiH2]CCCc1ccccc1. The molecule has 5 nitrogen and oxygen atoms in total. The molecule has 0 bridgehead atoms. The Morgan fingerprint density at radius 1 is 1.12 bits per heavy atom. The van der Waals surface area contributed by atoms with Crippen LogP contribution in [0.15, 0.2) is 30.3 Å². The van der Waals surface area contributed by atoms with Crippen LogP contribution in [-0.4, -0.2) is 43.2 Å². The normalized spacial score (nSPS) is 13.1. The third kappa shape index (κ3) is 8.40. The van der Waals surface area contributed by atoms with Crippen molar-refractivity contribution in [2.24, 2.45) is 0 Å². The van der Waals surface area contributed by atoms with Crippen molar-refractivity contribution in [2.75, 3.05) is 0 Å². The van der Waals surface area contributed by atoms with Gasteiger partial charge in [0.2, 0.25) is 0 Å². The second kappa shape index (κ2) is 7.89. The number of benzene rings is 1. The van der Waals surface area contributed by atoms with E-state index in [1.807, 2.05) is 18.2 Å². The average Bonchev–Trinajstić information content (AvgIpc) is 2.28. The Kier molecular flexibility index (Phi) is 6.84. The first kappa shape index (κ1) is 14.7. The molecule has 0 atom stereocenters. The highest BCUT2D eigenvalue weighted by Crippen LogP contribution is 2.04. The van der Waals surface area contributed by atoms with Gasteiger partial charge in [-0.25, -0.2) is 0 Å². The van der Waals surface area contributed by atoms with E-state index in [-0.39, 0.29) is 0 Å². The molecule has 8 heteroatoms. The molecule has 0 saturated heterocycles.